The molecule has 24 heavy (non-hydrogen) atoms. The fourth-order valence-corrected chi connectivity index (χ4v) is 2.75. The summed E-state index contributed by atoms with van der Waals surface area (Å²) in [7, 11) is 1.27. The van der Waals surface area contributed by atoms with Crippen LogP contribution in [-0.2, 0) is 4.74 Å². The Morgan fingerprint density at radius 3 is 2.46 bits per heavy atom. The van der Waals surface area contributed by atoms with Crippen molar-refractivity contribution in [1.82, 2.24) is 4.98 Å². The topological polar surface area (TPSA) is 39.2 Å². The molecule has 0 fully saturated rings. The number of aromatic nitrogens is 1. The number of nitrogens with zero attached hydrogens (tertiary/aromatic N) is 1. The number of esters is 1. The smallest absolute Gasteiger partial charge is 0.338 e. The van der Waals surface area contributed by atoms with Crippen molar-refractivity contribution < 1.29 is 18.3 Å². The number of rotatable bonds is 3. The van der Waals surface area contributed by atoms with Crippen molar-refractivity contribution in [2.75, 3.05) is 7.11 Å². The lowest BCUT2D eigenvalue weighted by atomic mass is 9.97. The maximum Gasteiger partial charge on any atom is 0.338 e. The highest BCUT2D eigenvalue weighted by molar-refractivity contribution is 6.06. The summed E-state index contributed by atoms with van der Waals surface area (Å²) in [5.74, 6) is -0.566. The van der Waals surface area contributed by atoms with Gasteiger partial charge in [-0.15, -0.1) is 0 Å². The fraction of sp³-hybridized carbons (Fsp3) is 0.158. The van der Waals surface area contributed by atoms with Gasteiger partial charge in [0, 0.05) is 16.5 Å². The molecule has 3 nitrogen and oxygen atoms in total. The normalized spacial score (nSPS) is 11.0. The van der Waals surface area contributed by atoms with E-state index in [2.05, 4.69) is 4.98 Å². The lowest BCUT2D eigenvalue weighted by molar-refractivity contribution is 0.0602. The molecule has 3 rings (SSSR count). The first kappa shape index (κ1) is 16.1. The third-order valence-corrected chi connectivity index (χ3v) is 3.94. The lowest BCUT2D eigenvalue weighted by Crippen LogP contribution is -2.08. The Labute approximate surface area is 137 Å². The number of ether oxygens (including phenoxy) is 1. The van der Waals surface area contributed by atoms with E-state index in [-0.39, 0.29) is 11.1 Å². The zero-order chi connectivity index (χ0) is 17.3. The van der Waals surface area contributed by atoms with Crippen molar-refractivity contribution >= 4 is 16.9 Å². The summed E-state index contributed by atoms with van der Waals surface area (Å²) in [5, 5.41) is 0.372. The Bertz CT molecular complexity index is 908. The molecular weight excluding hydrogens is 312 g/mol. The third-order valence-electron chi connectivity index (χ3n) is 3.94. The van der Waals surface area contributed by atoms with Crippen LogP contribution >= 0.6 is 0 Å². The fourth-order valence-electron chi connectivity index (χ4n) is 2.75. The number of hydrogen-bond donors (Lipinski definition) is 0. The van der Waals surface area contributed by atoms with E-state index in [0.717, 1.165) is 5.56 Å². The van der Waals surface area contributed by atoms with Gasteiger partial charge in [0.2, 0.25) is 0 Å². The molecular formula is C19H15F2NO2. The molecule has 0 saturated heterocycles. The highest BCUT2D eigenvalue weighted by Crippen LogP contribution is 2.32. The summed E-state index contributed by atoms with van der Waals surface area (Å²) in [6.07, 6.45) is -2.62. The summed E-state index contributed by atoms with van der Waals surface area (Å²) >= 11 is 0. The van der Waals surface area contributed by atoms with Gasteiger partial charge in [0.25, 0.3) is 6.43 Å². The number of carbonyl (C=O) groups excluding carboxylic acids is 1. The van der Waals surface area contributed by atoms with E-state index in [1.165, 1.54) is 25.3 Å². The average Bonchev–Trinajstić information content (AvgIpc) is 2.60. The van der Waals surface area contributed by atoms with Crippen molar-refractivity contribution in [3.05, 3.63) is 65.2 Å². The van der Waals surface area contributed by atoms with Crippen LogP contribution in [0.2, 0.25) is 0 Å². The Morgan fingerprint density at radius 1 is 1.12 bits per heavy atom. The van der Waals surface area contributed by atoms with Gasteiger partial charge in [0.15, 0.2) is 0 Å². The molecule has 0 bridgehead atoms. The summed E-state index contributed by atoms with van der Waals surface area (Å²) in [6.45, 7) is 1.75. The molecule has 0 aliphatic heterocycles. The number of pyridine rings is 1. The average molecular weight is 327 g/mol. The first-order chi connectivity index (χ1) is 11.5. The van der Waals surface area contributed by atoms with Crippen molar-refractivity contribution in [2.45, 2.75) is 13.3 Å². The van der Waals surface area contributed by atoms with E-state index in [9.17, 15) is 13.6 Å². The molecule has 0 spiro atoms. The van der Waals surface area contributed by atoms with Gasteiger partial charge in [-0.3, -0.25) is 0 Å². The molecule has 2 aromatic carbocycles. The molecule has 1 heterocycles. The van der Waals surface area contributed by atoms with E-state index in [0.29, 0.717) is 22.2 Å². The highest BCUT2D eigenvalue weighted by Gasteiger charge is 2.20. The molecule has 5 heteroatoms. The second-order valence-corrected chi connectivity index (χ2v) is 5.40. The highest BCUT2D eigenvalue weighted by atomic mass is 19.3. The summed E-state index contributed by atoms with van der Waals surface area (Å²) < 4.78 is 30.9. The predicted octanol–water partition coefficient (Wildman–Crippen LogP) is 4.93. The molecule has 1 aromatic heterocycles. The minimum atomic E-state index is -2.62. The zero-order valence-corrected chi connectivity index (χ0v) is 13.2. The zero-order valence-electron chi connectivity index (χ0n) is 13.2. The number of fused-ring (bicyclic) bond motifs is 1. The SMILES string of the molecule is COC(=O)c1c(C)c(-c2ccccc2)nc2ccc(C(F)F)cc12. The van der Waals surface area contributed by atoms with Crippen LogP contribution in [-0.4, -0.2) is 18.1 Å². The van der Waals surface area contributed by atoms with Crippen LogP contribution in [0, 0.1) is 6.92 Å². The molecule has 0 aliphatic carbocycles. The van der Waals surface area contributed by atoms with Gasteiger partial charge in [0.1, 0.15) is 0 Å². The minimum absolute atomic E-state index is 0.152. The van der Waals surface area contributed by atoms with Crippen LogP contribution in [0.15, 0.2) is 48.5 Å². The van der Waals surface area contributed by atoms with Crippen LogP contribution in [0.25, 0.3) is 22.2 Å². The number of benzene rings is 2. The van der Waals surface area contributed by atoms with Crippen LogP contribution in [0.1, 0.15) is 27.9 Å². The molecule has 0 atom stereocenters. The quantitative estimate of drug-likeness (QED) is 0.640. The van der Waals surface area contributed by atoms with E-state index in [1.54, 1.807) is 6.92 Å². The predicted molar refractivity (Wildman–Crippen MR) is 88.2 cm³/mol. The molecule has 0 N–H and O–H groups in total. The van der Waals surface area contributed by atoms with Crippen molar-refractivity contribution in [3.63, 3.8) is 0 Å². The first-order valence-corrected chi connectivity index (χ1v) is 7.39. The maximum absolute atomic E-state index is 13.0. The second-order valence-electron chi connectivity index (χ2n) is 5.40. The van der Waals surface area contributed by atoms with Gasteiger partial charge in [-0.1, -0.05) is 36.4 Å². The molecule has 122 valence electrons. The Kier molecular flexibility index (Phi) is 4.25. The molecule has 0 unspecified atom stereocenters. The molecule has 0 amide bonds. The van der Waals surface area contributed by atoms with E-state index in [1.807, 2.05) is 30.3 Å². The Balaban J connectivity index is 2.36. The Hall–Kier alpha value is -2.82. The molecule has 3 aromatic rings. The third kappa shape index (κ3) is 2.73. The van der Waals surface area contributed by atoms with Crippen LogP contribution in [0.5, 0.6) is 0 Å². The van der Waals surface area contributed by atoms with Crippen LogP contribution in [0.3, 0.4) is 0 Å². The standard InChI is InChI=1S/C19H15F2NO2/c1-11-16(19(23)24-2)14-10-13(18(20)21)8-9-15(14)22-17(11)12-6-4-3-5-7-12/h3-10,18H,1-2H3. The summed E-state index contributed by atoms with van der Waals surface area (Å²) in [4.78, 5) is 16.8. The van der Waals surface area contributed by atoms with E-state index < -0.39 is 12.4 Å². The number of methoxy groups -OCH3 is 1. The van der Waals surface area contributed by atoms with Crippen molar-refractivity contribution in [2.24, 2.45) is 0 Å². The molecule has 0 aliphatic rings. The van der Waals surface area contributed by atoms with E-state index >= 15 is 0 Å². The number of hydrogen-bond acceptors (Lipinski definition) is 3. The van der Waals surface area contributed by atoms with Gasteiger partial charge in [-0.2, -0.15) is 0 Å². The summed E-state index contributed by atoms with van der Waals surface area (Å²) in [5.41, 5.74) is 2.68. The lowest BCUT2D eigenvalue weighted by Gasteiger charge is -2.14. The van der Waals surface area contributed by atoms with Gasteiger partial charge >= 0.3 is 5.97 Å². The first-order valence-electron chi connectivity index (χ1n) is 7.39. The van der Waals surface area contributed by atoms with Gasteiger partial charge in [0.05, 0.1) is 23.9 Å². The largest absolute Gasteiger partial charge is 0.465 e. The maximum atomic E-state index is 13.0. The number of alkyl halides is 2. The second kappa shape index (κ2) is 6.35. The van der Waals surface area contributed by atoms with Crippen LogP contribution in [0.4, 0.5) is 8.78 Å². The Morgan fingerprint density at radius 2 is 1.83 bits per heavy atom. The van der Waals surface area contributed by atoms with Crippen LogP contribution < -0.4 is 0 Å². The van der Waals surface area contributed by atoms with Gasteiger partial charge in [-0.05, 0) is 24.6 Å². The minimum Gasteiger partial charge on any atom is -0.465 e. The summed E-state index contributed by atoms with van der Waals surface area (Å²) in [6, 6.07) is 13.5. The van der Waals surface area contributed by atoms with Crippen molar-refractivity contribution in [1.29, 1.82) is 0 Å². The molecule has 0 radical (unpaired) electrons. The van der Waals surface area contributed by atoms with Gasteiger partial charge in [-0.25, -0.2) is 18.6 Å². The van der Waals surface area contributed by atoms with Crippen molar-refractivity contribution in [3.8, 4) is 11.3 Å². The molecule has 0 saturated carbocycles. The monoisotopic (exact) mass is 327 g/mol. The number of halogens is 2. The van der Waals surface area contributed by atoms with E-state index in [4.69, 9.17) is 4.74 Å². The van der Waals surface area contributed by atoms with Gasteiger partial charge < -0.3 is 4.74 Å². The number of carbonyl (C=O) groups is 1.